The molecule has 0 bridgehead atoms. The molecule has 0 aromatic heterocycles. The molecule has 0 saturated carbocycles. The van der Waals surface area contributed by atoms with Crippen molar-refractivity contribution in [1.82, 2.24) is 0 Å². The lowest BCUT2D eigenvalue weighted by atomic mass is 10.0. The average molecular weight is 972 g/mol. The van der Waals surface area contributed by atoms with Gasteiger partial charge in [0.15, 0.2) is 6.10 Å². The number of hydrogen-bond acceptors (Lipinski definition) is 6. The summed E-state index contributed by atoms with van der Waals surface area (Å²) in [6.45, 7) is 6.66. The molecule has 0 N–H and O–H groups in total. The van der Waals surface area contributed by atoms with Gasteiger partial charge < -0.3 is 14.2 Å². The van der Waals surface area contributed by atoms with Crippen LogP contribution in [0.3, 0.4) is 0 Å². The monoisotopic (exact) mass is 971 g/mol. The number of rotatable bonds is 57. The lowest BCUT2D eigenvalue weighted by molar-refractivity contribution is -0.167. The third kappa shape index (κ3) is 56.7. The van der Waals surface area contributed by atoms with Crippen LogP contribution in [-0.4, -0.2) is 37.2 Å². The Bertz CT molecular complexity index is 1110. The first-order valence-corrected chi connectivity index (χ1v) is 30.8. The van der Waals surface area contributed by atoms with Gasteiger partial charge in [0.2, 0.25) is 0 Å². The molecule has 0 heterocycles. The first-order valence-electron chi connectivity index (χ1n) is 30.8. The van der Waals surface area contributed by atoms with Gasteiger partial charge >= 0.3 is 17.9 Å². The maximum Gasteiger partial charge on any atom is 0.306 e. The van der Waals surface area contributed by atoms with Crippen LogP contribution < -0.4 is 0 Å². The number of carbonyl (C=O) groups excluding carboxylic acids is 3. The third-order valence-corrected chi connectivity index (χ3v) is 14.0. The third-order valence-electron chi connectivity index (χ3n) is 14.0. The average Bonchev–Trinajstić information content (AvgIpc) is 3.35. The van der Waals surface area contributed by atoms with E-state index in [1.807, 2.05) is 0 Å². The van der Waals surface area contributed by atoms with Gasteiger partial charge in [-0.1, -0.05) is 295 Å². The molecule has 0 rings (SSSR count). The van der Waals surface area contributed by atoms with Crippen LogP contribution >= 0.6 is 0 Å². The van der Waals surface area contributed by atoms with E-state index in [2.05, 4.69) is 45.1 Å². The minimum atomic E-state index is -0.774. The molecule has 69 heavy (non-hydrogen) atoms. The zero-order chi connectivity index (χ0) is 50.0. The number of ether oxygens (including phenoxy) is 3. The molecule has 406 valence electrons. The Morgan fingerprint density at radius 1 is 0.290 bits per heavy atom. The van der Waals surface area contributed by atoms with Crippen molar-refractivity contribution >= 4 is 17.9 Å². The molecule has 0 aliphatic rings. The van der Waals surface area contributed by atoms with Crippen molar-refractivity contribution in [3.63, 3.8) is 0 Å². The number of carbonyl (C=O) groups is 3. The second kappa shape index (κ2) is 58.5. The van der Waals surface area contributed by atoms with Crippen molar-refractivity contribution in [2.75, 3.05) is 13.2 Å². The summed E-state index contributed by atoms with van der Waals surface area (Å²) in [5, 5.41) is 0. The molecule has 0 aromatic carbocycles. The summed E-state index contributed by atoms with van der Waals surface area (Å²) >= 11 is 0. The molecular weight excluding hydrogens is 853 g/mol. The van der Waals surface area contributed by atoms with E-state index >= 15 is 0 Å². The molecule has 0 fully saturated rings. The van der Waals surface area contributed by atoms with E-state index in [0.717, 1.165) is 77.0 Å². The van der Waals surface area contributed by atoms with E-state index in [1.165, 1.54) is 225 Å². The fraction of sp³-hybridized carbons (Fsp3) is 0.889. The maximum absolute atomic E-state index is 12.9. The lowest BCUT2D eigenvalue weighted by Gasteiger charge is -2.18. The Labute approximate surface area is 430 Å². The molecule has 0 spiro atoms. The Morgan fingerprint density at radius 3 is 0.826 bits per heavy atom. The van der Waals surface area contributed by atoms with Gasteiger partial charge in [-0.3, -0.25) is 14.4 Å². The maximum atomic E-state index is 12.9. The SMILES string of the molecule is CCCCC/C=C\C/C=C\CCCCCCCC(=O)OC(COC(=O)CCCCCCCCCCCCCCC)COC(=O)CCCCCCCCCCCCCCCCCCCCCCCCC. The van der Waals surface area contributed by atoms with E-state index in [-0.39, 0.29) is 31.1 Å². The number of allylic oxidation sites excluding steroid dienone is 4. The zero-order valence-electron chi connectivity index (χ0n) is 46.6. The highest BCUT2D eigenvalue weighted by Gasteiger charge is 2.19. The van der Waals surface area contributed by atoms with Gasteiger partial charge in [0.1, 0.15) is 13.2 Å². The van der Waals surface area contributed by atoms with E-state index in [4.69, 9.17) is 14.2 Å². The van der Waals surface area contributed by atoms with Crippen molar-refractivity contribution < 1.29 is 28.6 Å². The van der Waals surface area contributed by atoms with Crippen molar-refractivity contribution in [2.24, 2.45) is 0 Å². The molecule has 0 amide bonds. The molecule has 0 saturated heterocycles. The second-order valence-electron chi connectivity index (χ2n) is 21.0. The molecule has 0 radical (unpaired) electrons. The number of unbranched alkanes of at least 4 members (excludes halogenated alkanes) is 42. The predicted molar refractivity (Wildman–Crippen MR) is 298 cm³/mol. The Morgan fingerprint density at radius 2 is 0.522 bits per heavy atom. The summed E-state index contributed by atoms with van der Waals surface area (Å²) in [5.41, 5.74) is 0. The molecule has 0 aromatic rings. The summed E-state index contributed by atoms with van der Waals surface area (Å²) in [7, 11) is 0. The van der Waals surface area contributed by atoms with Gasteiger partial charge in [0.05, 0.1) is 0 Å². The highest BCUT2D eigenvalue weighted by atomic mass is 16.6. The second-order valence-corrected chi connectivity index (χ2v) is 21.0. The molecular formula is C63H118O6. The first-order chi connectivity index (χ1) is 34.0. The summed E-state index contributed by atoms with van der Waals surface area (Å²) in [6, 6.07) is 0. The Hall–Kier alpha value is -2.11. The van der Waals surface area contributed by atoms with Gasteiger partial charge in [0, 0.05) is 19.3 Å². The van der Waals surface area contributed by atoms with Crippen LogP contribution in [0.2, 0.25) is 0 Å². The van der Waals surface area contributed by atoms with Crippen molar-refractivity contribution in [1.29, 1.82) is 0 Å². The molecule has 6 nitrogen and oxygen atoms in total. The lowest BCUT2D eigenvalue weighted by Crippen LogP contribution is -2.30. The fourth-order valence-electron chi connectivity index (χ4n) is 9.30. The van der Waals surface area contributed by atoms with E-state index < -0.39 is 6.10 Å². The van der Waals surface area contributed by atoms with Gasteiger partial charge in [-0.2, -0.15) is 0 Å². The smallest absolute Gasteiger partial charge is 0.306 e. The molecule has 0 aliphatic carbocycles. The van der Waals surface area contributed by atoms with Crippen LogP contribution in [0.15, 0.2) is 24.3 Å². The van der Waals surface area contributed by atoms with E-state index in [0.29, 0.717) is 19.3 Å². The fourth-order valence-corrected chi connectivity index (χ4v) is 9.30. The summed E-state index contributed by atoms with van der Waals surface area (Å²) in [6.07, 6.45) is 69.0. The van der Waals surface area contributed by atoms with E-state index in [1.54, 1.807) is 0 Å². The van der Waals surface area contributed by atoms with Crippen LogP contribution in [-0.2, 0) is 28.6 Å². The van der Waals surface area contributed by atoms with Gasteiger partial charge in [-0.15, -0.1) is 0 Å². The number of esters is 3. The topological polar surface area (TPSA) is 78.9 Å². The van der Waals surface area contributed by atoms with Crippen molar-refractivity contribution in [2.45, 2.75) is 348 Å². The van der Waals surface area contributed by atoms with Gasteiger partial charge in [-0.05, 0) is 51.4 Å². The van der Waals surface area contributed by atoms with Crippen LogP contribution in [0.25, 0.3) is 0 Å². The standard InChI is InChI=1S/C63H118O6/c1-4-7-10-13-16-19-22-25-27-28-29-30-31-32-33-34-36-38-41-44-47-50-53-56-62(65)68-59-60(58-67-61(64)55-52-49-46-43-40-37-24-21-18-15-12-9-6-3)69-63(66)57-54-51-48-45-42-39-35-26-23-20-17-14-11-8-5-2/h17,20,26,35,60H,4-16,18-19,21-25,27-34,36-59H2,1-3H3/b20-17-,35-26-. The van der Waals surface area contributed by atoms with E-state index in [9.17, 15) is 14.4 Å². The van der Waals surface area contributed by atoms with Crippen molar-refractivity contribution in [3.8, 4) is 0 Å². The highest BCUT2D eigenvalue weighted by molar-refractivity contribution is 5.71. The molecule has 6 heteroatoms. The minimum Gasteiger partial charge on any atom is -0.462 e. The number of hydrogen-bond donors (Lipinski definition) is 0. The molecule has 1 atom stereocenters. The molecule has 1 unspecified atom stereocenters. The Balaban J connectivity index is 4.24. The van der Waals surface area contributed by atoms with Gasteiger partial charge in [-0.25, -0.2) is 0 Å². The quantitative estimate of drug-likeness (QED) is 0.0261. The summed E-state index contributed by atoms with van der Waals surface area (Å²) < 4.78 is 16.9. The van der Waals surface area contributed by atoms with Crippen LogP contribution in [0.5, 0.6) is 0 Å². The largest absolute Gasteiger partial charge is 0.462 e. The minimum absolute atomic E-state index is 0.0713. The normalized spacial score (nSPS) is 12.1. The molecule has 0 aliphatic heterocycles. The summed E-state index contributed by atoms with van der Waals surface area (Å²) in [5.74, 6) is -0.861. The van der Waals surface area contributed by atoms with Crippen LogP contribution in [0.4, 0.5) is 0 Å². The zero-order valence-corrected chi connectivity index (χ0v) is 46.6. The first kappa shape index (κ1) is 66.9. The van der Waals surface area contributed by atoms with Crippen LogP contribution in [0.1, 0.15) is 342 Å². The van der Waals surface area contributed by atoms with Gasteiger partial charge in [0.25, 0.3) is 0 Å². The van der Waals surface area contributed by atoms with Crippen LogP contribution in [0, 0.1) is 0 Å². The highest BCUT2D eigenvalue weighted by Crippen LogP contribution is 2.18. The van der Waals surface area contributed by atoms with Crippen molar-refractivity contribution in [3.05, 3.63) is 24.3 Å². The Kier molecular flexibility index (Phi) is 56.7. The summed E-state index contributed by atoms with van der Waals surface area (Å²) in [4.78, 5) is 38.2. The predicted octanol–water partition coefficient (Wildman–Crippen LogP) is 20.7.